The molecule has 1 fully saturated rings. The molecule has 1 aliphatic heterocycles. The van der Waals surface area contributed by atoms with Crippen molar-refractivity contribution in [3.05, 3.63) is 52.5 Å². The van der Waals surface area contributed by atoms with Gasteiger partial charge in [0.1, 0.15) is 16.7 Å². The molecule has 0 aliphatic carbocycles. The third kappa shape index (κ3) is 25.8. The molecule has 0 bridgehead atoms. The Morgan fingerprint density at radius 1 is 0.866 bits per heavy atom. The number of thiazole rings is 1. The molecule has 1 aromatic heterocycles. The molecule has 1 aromatic carbocycles. The summed E-state index contributed by atoms with van der Waals surface area (Å²) in [7, 11) is 3.59. The maximum absolute atomic E-state index is 14.4. The molecule has 7 atom stereocenters. The van der Waals surface area contributed by atoms with Gasteiger partial charge in [0.2, 0.25) is 29.5 Å². The minimum Gasteiger partial charge on any atom is -0.481 e. The van der Waals surface area contributed by atoms with Crippen molar-refractivity contribution in [1.29, 1.82) is 0 Å². The van der Waals surface area contributed by atoms with E-state index in [2.05, 4.69) is 38.1 Å². The standard InChI is InChI=1S/C57H88N8O16S/c1-11-37(5)52(63-54(72)45-15-13-14-22-64(45)9)56(73)65(10)46(36(3)4)34-48(80-40(8)67)55-62-44(35-82-55)53(71)60-42(31-38(6)57(74)75)32-41-16-17-47(81-51(70)19-24-77-28-30-78-25-20-58-39(7)66)43(33-41)61-50(69)18-23-76-27-29-79-26-21-59-49(68)12-2/h12,16-17,33,35-38,42,45-46,48,52H,2,11,13-15,18-32,34H2,1,3-10H3,(H,58,66)(H,59,68)(H,60,71)(H,61,69)(H,63,72)(H,74,75)/t37-,38?,42+,45+,46+,48+,52-/m0/s1. The highest BCUT2D eigenvalue weighted by Gasteiger charge is 2.37. The Kier molecular flexibility index (Phi) is 32.1. The van der Waals surface area contributed by atoms with Gasteiger partial charge in [-0.2, -0.15) is 0 Å². The molecule has 6 N–H and O–H groups in total. The molecule has 3 rings (SSSR count). The fraction of sp³-hybridized carbons (Fsp3) is 0.649. The molecule has 0 saturated carbocycles. The molecule has 2 heterocycles. The van der Waals surface area contributed by atoms with Crippen molar-refractivity contribution in [2.45, 2.75) is 137 Å². The number of esters is 2. The van der Waals surface area contributed by atoms with Crippen molar-refractivity contribution >= 4 is 70.4 Å². The number of nitrogens with zero attached hydrogens (tertiary/aromatic N) is 3. The smallest absolute Gasteiger partial charge is 0.313 e. The first-order valence-corrected chi connectivity index (χ1v) is 28.9. The summed E-state index contributed by atoms with van der Waals surface area (Å²) < 4.78 is 33.4. The number of nitrogens with one attached hydrogen (secondary N) is 5. The van der Waals surface area contributed by atoms with E-state index >= 15 is 0 Å². The van der Waals surface area contributed by atoms with Gasteiger partial charge < -0.3 is 65.0 Å². The van der Waals surface area contributed by atoms with E-state index in [1.165, 1.54) is 32.2 Å². The average Bonchev–Trinajstić information content (AvgIpc) is 3.97. The van der Waals surface area contributed by atoms with Crippen molar-refractivity contribution in [3.8, 4) is 5.75 Å². The Morgan fingerprint density at radius 3 is 2.11 bits per heavy atom. The fourth-order valence-electron chi connectivity index (χ4n) is 8.88. The molecule has 0 spiro atoms. The van der Waals surface area contributed by atoms with Crippen LogP contribution in [0.4, 0.5) is 5.69 Å². The summed E-state index contributed by atoms with van der Waals surface area (Å²) in [6.45, 7) is 18.1. The number of hydrogen-bond acceptors (Lipinski definition) is 18. The molecule has 24 nitrogen and oxygen atoms in total. The Bertz CT molecular complexity index is 2400. The number of ether oxygens (including phenoxy) is 6. The first-order valence-electron chi connectivity index (χ1n) is 28.1. The van der Waals surface area contributed by atoms with Crippen LogP contribution in [0.1, 0.15) is 127 Å². The fourth-order valence-corrected chi connectivity index (χ4v) is 9.72. The van der Waals surface area contributed by atoms with Crippen LogP contribution < -0.4 is 31.3 Å². The van der Waals surface area contributed by atoms with Crippen molar-refractivity contribution in [1.82, 2.24) is 36.1 Å². The van der Waals surface area contributed by atoms with E-state index in [4.69, 9.17) is 28.4 Å². The van der Waals surface area contributed by atoms with Gasteiger partial charge >= 0.3 is 17.9 Å². The highest BCUT2D eigenvalue weighted by molar-refractivity contribution is 7.09. The predicted octanol–water partition coefficient (Wildman–Crippen LogP) is 4.22. The minimum absolute atomic E-state index is 0.00262. The lowest BCUT2D eigenvalue weighted by Gasteiger charge is -2.38. The van der Waals surface area contributed by atoms with Gasteiger partial charge in [-0.25, -0.2) is 4.98 Å². The highest BCUT2D eigenvalue weighted by atomic mass is 32.1. The summed E-state index contributed by atoms with van der Waals surface area (Å²) in [5.41, 5.74) is 0.620. The molecular formula is C57H88N8O16S. The monoisotopic (exact) mass is 1170 g/mol. The number of benzene rings is 1. The quantitative estimate of drug-likeness (QED) is 0.0236. The van der Waals surface area contributed by atoms with E-state index in [-0.39, 0.29) is 144 Å². The van der Waals surface area contributed by atoms with Crippen molar-refractivity contribution in [2.75, 3.05) is 91.9 Å². The van der Waals surface area contributed by atoms with Gasteiger partial charge in [-0.1, -0.05) is 60.1 Å². The minimum atomic E-state index is -1.10. The summed E-state index contributed by atoms with van der Waals surface area (Å²) >= 11 is 1.08. The van der Waals surface area contributed by atoms with Crippen molar-refractivity contribution in [2.24, 2.45) is 17.8 Å². The Labute approximate surface area is 485 Å². The number of likely N-dealkylation sites (N-methyl/N-ethyl adjacent to an activating group) is 2. The number of aliphatic carboxylic acids is 1. The molecule has 6 amide bonds. The van der Waals surface area contributed by atoms with Crippen LogP contribution in [0, 0.1) is 17.8 Å². The second kappa shape index (κ2) is 37.7. The van der Waals surface area contributed by atoms with Crippen LogP contribution in [0.3, 0.4) is 0 Å². The largest absolute Gasteiger partial charge is 0.481 e. The molecule has 1 saturated heterocycles. The number of rotatable bonds is 39. The molecule has 82 heavy (non-hydrogen) atoms. The third-order valence-corrected chi connectivity index (χ3v) is 14.6. The lowest BCUT2D eigenvalue weighted by atomic mass is 9.92. The topological polar surface area (TPSA) is 309 Å². The summed E-state index contributed by atoms with van der Waals surface area (Å²) in [5, 5.41) is 25.7. The van der Waals surface area contributed by atoms with Crippen molar-refractivity contribution < 1.29 is 76.7 Å². The van der Waals surface area contributed by atoms with Gasteiger partial charge in [0.25, 0.3) is 5.91 Å². The number of anilines is 1. The van der Waals surface area contributed by atoms with Crippen LogP contribution in [0.15, 0.2) is 36.2 Å². The van der Waals surface area contributed by atoms with Crippen LogP contribution in [0.25, 0.3) is 0 Å². The van der Waals surface area contributed by atoms with E-state index in [9.17, 15) is 48.3 Å². The van der Waals surface area contributed by atoms with E-state index in [0.717, 1.165) is 36.8 Å². The summed E-state index contributed by atoms with van der Waals surface area (Å²) in [6, 6.07) is 2.20. The average molecular weight is 1170 g/mol. The first kappa shape index (κ1) is 69.9. The van der Waals surface area contributed by atoms with Gasteiger partial charge in [-0.15, -0.1) is 11.3 Å². The second-order valence-electron chi connectivity index (χ2n) is 20.7. The van der Waals surface area contributed by atoms with Crippen LogP contribution in [0.2, 0.25) is 0 Å². The number of carboxylic acid groups (broad SMARTS) is 1. The molecular weight excluding hydrogens is 1080 g/mol. The van der Waals surface area contributed by atoms with E-state index in [1.807, 2.05) is 39.6 Å². The summed E-state index contributed by atoms with van der Waals surface area (Å²) in [4.78, 5) is 124. The molecule has 2 aromatic rings. The zero-order valence-corrected chi connectivity index (χ0v) is 50.0. The molecule has 1 unspecified atom stereocenters. The number of carboxylic acids is 1. The second-order valence-corrected chi connectivity index (χ2v) is 21.5. The number of aromatic nitrogens is 1. The number of carbonyl (C=O) groups is 9. The van der Waals surface area contributed by atoms with Gasteiger partial charge in [0, 0.05) is 57.9 Å². The molecule has 1 aliphatic rings. The highest BCUT2D eigenvalue weighted by Crippen LogP contribution is 2.32. The van der Waals surface area contributed by atoms with Gasteiger partial charge in [0.15, 0.2) is 11.9 Å². The molecule has 25 heteroatoms. The van der Waals surface area contributed by atoms with Crippen LogP contribution >= 0.6 is 11.3 Å². The first-order chi connectivity index (χ1) is 39.0. The maximum atomic E-state index is 14.4. The number of likely N-dealkylation sites (tertiary alicyclic amines) is 1. The maximum Gasteiger partial charge on any atom is 0.313 e. The predicted molar refractivity (Wildman–Crippen MR) is 306 cm³/mol. The Morgan fingerprint density at radius 2 is 1.51 bits per heavy atom. The Balaban J connectivity index is 1.82. The summed E-state index contributed by atoms with van der Waals surface area (Å²) in [6.07, 6.45) is 3.35. The zero-order chi connectivity index (χ0) is 60.7. The number of amides is 6. The normalized spacial score (nSPS) is 15.6. The Hall–Kier alpha value is -6.38. The van der Waals surface area contributed by atoms with Gasteiger partial charge in [-0.3, -0.25) is 48.1 Å². The number of carbonyl (C=O) groups excluding carboxylic acids is 8. The van der Waals surface area contributed by atoms with Gasteiger partial charge in [-0.05, 0) is 74.9 Å². The van der Waals surface area contributed by atoms with E-state index in [1.54, 1.807) is 24.1 Å². The van der Waals surface area contributed by atoms with Crippen LogP contribution in [0.5, 0.6) is 5.75 Å². The lowest BCUT2D eigenvalue weighted by Crippen LogP contribution is -2.58. The number of piperidine rings is 1. The van der Waals surface area contributed by atoms with E-state index < -0.39 is 59.9 Å². The number of hydrogen-bond donors (Lipinski definition) is 6. The van der Waals surface area contributed by atoms with Crippen LogP contribution in [-0.2, 0) is 68.5 Å². The van der Waals surface area contributed by atoms with E-state index in [0.29, 0.717) is 36.6 Å². The van der Waals surface area contributed by atoms with Crippen LogP contribution in [-0.4, -0.2) is 184 Å². The molecule has 458 valence electrons. The zero-order valence-electron chi connectivity index (χ0n) is 49.2. The lowest BCUT2D eigenvalue weighted by molar-refractivity contribution is -0.149. The van der Waals surface area contributed by atoms with Gasteiger partial charge in [0.05, 0.1) is 83.3 Å². The van der Waals surface area contributed by atoms with Crippen molar-refractivity contribution in [3.63, 3.8) is 0 Å². The summed E-state index contributed by atoms with van der Waals surface area (Å²) in [5.74, 6) is -5.70. The molecule has 0 radical (unpaired) electrons. The SMILES string of the molecule is C=CC(=O)NCCOCCOCCC(=O)Nc1cc(C[C@@H](CC(C)C(=O)O)NC(=O)c2csc([C@@H](C[C@H](C(C)C)N(C)C(=O)[C@@H](NC(=O)[C@H]3CCCCN3C)[C@@H](C)CC)OC(C)=O)n2)ccc1OC(=O)CCOCCOCCNC(C)=O. The third-order valence-electron chi connectivity index (χ3n) is 13.7.